The van der Waals surface area contributed by atoms with Gasteiger partial charge >= 0.3 is 0 Å². The summed E-state index contributed by atoms with van der Waals surface area (Å²) in [6.45, 7) is 6.17. The van der Waals surface area contributed by atoms with E-state index in [2.05, 4.69) is 20.4 Å². The Bertz CT molecular complexity index is 786. The summed E-state index contributed by atoms with van der Waals surface area (Å²) in [5.74, 6) is 0.219. The predicted molar refractivity (Wildman–Crippen MR) is 85.2 cm³/mol. The summed E-state index contributed by atoms with van der Waals surface area (Å²) in [6.07, 6.45) is 3.06. The quantitative estimate of drug-likeness (QED) is 0.878. The minimum Gasteiger partial charge on any atom is -0.352 e. The lowest BCUT2D eigenvalue weighted by atomic mass is 9.78. The largest absolute Gasteiger partial charge is 0.352 e. The Kier molecular flexibility index (Phi) is 4.02. The summed E-state index contributed by atoms with van der Waals surface area (Å²) in [5, 5.41) is 7.40. The van der Waals surface area contributed by atoms with Crippen molar-refractivity contribution in [3.05, 3.63) is 45.4 Å². The summed E-state index contributed by atoms with van der Waals surface area (Å²) in [6, 6.07) is 1.67. The van der Waals surface area contributed by atoms with Crippen LogP contribution in [0.4, 0.5) is 0 Å². The van der Waals surface area contributed by atoms with Gasteiger partial charge in [-0.15, -0.1) is 0 Å². The molecule has 3 rings (SSSR count). The van der Waals surface area contributed by atoms with Gasteiger partial charge < -0.3 is 10.3 Å². The van der Waals surface area contributed by atoms with Crippen LogP contribution < -0.4 is 10.9 Å². The van der Waals surface area contributed by atoms with E-state index in [-0.39, 0.29) is 30.0 Å². The number of rotatable bonds is 4. The number of amides is 1. The summed E-state index contributed by atoms with van der Waals surface area (Å²) in [5.41, 5.74) is 3.77. The van der Waals surface area contributed by atoms with Crippen molar-refractivity contribution in [3.63, 3.8) is 0 Å². The van der Waals surface area contributed by atoms with Crippen molar-refractivity contribution in [2.24, 2.45) is 0 Å². The maximum Gasteiger partial charge on any atom is 0.250 e. The van der Waals surface area contributed by atoms with Crippen LogP contribution in [0.1, 0.15) is 41.4 Å². The first kappa shape index (κ1) is 15.5. The molecule has 1 aliphatic carbocycles. The molecule has 0 unspecified atom stereocenters. The fraction of sp³-hybridized carbons (Fsp3) is 0.500. The molecule has 0 bridgehead atoms. The number of aromatic amines is 1. The van der Waals surface area contributed by atoms with Crippen molar-refractivity contribution in [1.29, 1.82) is 0 Å². The highest BCUT2D eigenvalue weighted by atomic mass is 16.2. The predicted octanol–water partition coefficient (Wildman–Crippen LogP) is 0.954. The van der Waals surface area contributed by atoms with E-state index in [0.717, 1.165) is 35.5 Å². The zero-order valence-electron chi connectivity index (χ0n) is 13.6. The third kappa shape index (κ3) is 3.18. The number of carbonyl (C=O) groups is 1. The number of hydrogen-bond acceptors (Lipinski definition) is 4. The van der Waals surface area contributed by atoms with Crippen LogP contribution in [0.3, 0.4) is 0 Å². The van der Waals surface area contributed by atoms with Gasteiger partial charge in [-0.2, -0.15) is 5.10 Å². The van der Waals surface area contributed by atoms with Crippen molar-refractivity contribution in [1.82, 2.24) is 25.1 Å². The molecule has 7 nitrogen and oxygen atoms in total. The molecule has 2 N–H and O–H groups in total. The molecule has 122 valence electrons. The van der Waals surface area contributed by atoms with Gasteiger partial charge in [0, 0.05) is 23.7 Å². The molecule has 0 spiro atoms. The van der Waals surface area contributed by atoms with Gasteiger partial charge in [0.15, 0.2) is 0 Å². The molecule has 0 saturated heterocycles. The average Bonchev–Trinajstić information content (AvgIpc) is 2.70. The monoisotopic (exact) mass is 315 g/mol. The number of aromatic nitrogens is 4. The Morgan fingerprint density at radius 3 is 2.74 bits per heavy atom. The van der Waals surface area contributed by atoms with E-state index in [4.69, 9.17) is 0 Å². The molecule has 2 aromatic heterocycles. The van der Waals surface area contributed by atoms with Gasteiger partial charge in [-0.3, -0.25) is 14.3 Å². The zero-order valence-corrected chi connectivity index (χ0v) is 13.6. The third-order valence-corrected chi connectivity index (χ3v) is 4.66. The first-order valence-corrected chi connectivity index (χ1v) is 7.78. The number of carbonyl (C=O) groups excluding carboxylic acids is 1. The van der Waals surface area contributed by atoms with Crippen LogP contribution in [-0.2, 0) is 11.3 Å². The van der Waals surface area contributed by atoms with Crippen molar-refractivity contribution in [2.45, 2.75) is 52.1 Å². The number of nitrogens with zero attached hydrogens (tertiary/aromatic N) is 3. The summed E-state index contributed by atoms with van der Waals surface area (Å²) in [7, 11) is 0. The summed E-state index contributed by atoms with van der Waals surface area (Å²) >= 11 is 0. The molecular formula is C16H21N5O2. The molecule has 23 heavy (non-hydrogen) atoms. The molecule has 1 fully saturated rings. The first-order chi connectivity index (χ1) is 10.9. The van der Waals surface area contributed by atoms with Crippen LogP contribution >= 0.6 is 0 Å². The third-order valence-electron chi connectivity index (χ3n) is 4.66. The number of nitrogens with one attached hydrogen (secondary N) is 2. The van der Waals surface area contributed by atoms with Gasteiger partial charge in [0.2, 0.25) is 5.91 Å². The first-order valence-electron chi connectivity index (χ1n) is 7.78. The maximum absolute atomic E-state index is 12.1. The van der Waals surface area contributed by atoms with E-state index < -0.39 is 0 Å². The maximum atomic E-state index is 12.1. The molecule has 0 aromatic carbocycles. The second kappa shape index (κ2) is 5.98. The highest BCUT2D eigenvalue weighted by Crippen LogP contribution is 2.35. The van der Waals surface area contributed by atoms with Crippen LogP contribution in [0, 0.1) is 20.8 Å². The van der Waals surface area contributed by atoms with Crippen molar-refractivity contribution in [3.8, 4) is 0 Å². The van der Waals surface area contributed by atoms with Gasteiger partial charge in [-0.05, 0) is 39.2 Å². The molecule has 1 aliphatic rings. The average molecular weight is 315 g/mol. The summed E-state index contributed by atoms with van der Waals surface area (Å²) < 4.78 is 1.74. The van der Waals surface area contributed by atoms with Crippen LogP contribution in [0.15, 0.2) is 17.2 Å². The lowest BCUT2D eigenvalue weighted by Crippen LogP contribution is -2.45. The minimum absolute atomic E-state index is 0.0297. The molecule has 1 saturated carbocycles. The van der Waals surface area contributed by atoms with E-state index in [1.165, 1.54) is 12.4 Å². The standard InChI is InChI=1S/C16H21N5O2/c1-9-10(2)20-21(11(9)3)7-16(23)19-13-4-12(5-13)14-6-15(22)18-8-17-14/h6,8,12-13H,4-5,7H2,1-3H3,(H,19,23)(H,17,18,22). The molecule has 2 aromatic rings. The topological polar surface area (TPSA) is 92.7 Å². The molecule has 1 amide bonds. The van der Waals surface area contributed by atoms with Gasteiger partial charge in [-0.25, -0.2) is 4.98 Å². The fourth-order valence-electron chi connectivity index (χ4n) is 2.93. The van der Waals surface area contributed by atoms with Crippen molar-refractivity contribution in [2.75, 3.05) is 0 Å². The fourth-order valence-corrected chi connectivity index (χ4v) is 2.93. The van der Waals surface area contributed by atoms with E-state index in [0.29, 0.717) is 0 Å². The van der Waals surface area contributed by atoms with Crippen molar-refractivity contribution < 1.29 is 4.79 Å². The zero-order chi connectivity index (χ0) is 16.6. The minimum atomic E-state index is -0.137. The van der Waals surface area contributed by atoms with E-state index in [1.54, 1.807) is 4.68 Å². The van der Waals surface area contributed by atoms with Crippen LogP contribution in [0.5, 0.6) is 0 Å². The lowest BCUT2D eigenvalue weighted by molar-refractivity contribution is -0.123. The number of H-pyrrole nitrogens is 1. The number of hydrogen-bond donors (Lipinski definition) is 2. The molecule has 0 aliphatic heterocycles. The van der Waals surface area contributed by atoms with Crippen LogP contribution in [-0.4, -0.2) is 31.7 Å². The second-order valence-electron chi connectivity index (χ2n) is 6.22. The second-order valence-corrected chi connectivity index (χ2v) is 6.22. The van der Waals surface area contributed by atoms with E-state index in [1.807, 2.05) is 20.8 Å². The number of aryl methyl sites for hydroxylation is 1. The normalized spacial score (nSPS) is 20.1. The molecule has 0 atom stereocenters. The summed E-state index contributed by atoms with van der Waals surface area (Å²) in [4.78, 5) is 30.1. The Morgan fingerprint density at radius 1 is 1.39 bits per heavy atom. The van der Waals surface area contributed by atoms with Gasteiger partial charge in [-0.1, -0.05) is 0 Å². The molecule has 2 heterocycles. The van der Waals surface area contributed by atoms with Gasteiger partial charge in [0.05, 0.1) is 17.7 Å². The van der Waals surface area contributed by atoms with E-state index >= 15 is 0 Å². The molecule has 7 heteroatoms. The molecule has 0 radical (unpaired) electrons. The van der Waals surface area contributed by atoms with E-state index in [9.17, 15) is 9.59 Å². The highest BCUT2D eigenvalue weighted by Gasteiger charge is 2.32. The van der Waals surface area contributed by atoms with Gasteiger partial charge in [0.25, 0.3) is 5.56 Å². The Hall–Kier alpha value is -2.44. The Morgan fingerprint density at radius 2 is 2.13 bits per heavy atom. The van der Waals surface area contributed by atoms with Crippen LogP contribution in [0.25, 0.3) is 0 Å². The molecular weight excluding hydrogens is 294 g/mol. The highest BCUT2D eigenvalue weighted by molar-refractivity contribution is 5.76. The van der Waals surface area contributed by atoms with Gasteiger partial charge in [0.1, 0.15) is 6.54 Å². The van der Waals surface area contributed by atoms with Crippen molar-refractivity contribution >= 4 is 5.91 Å². The SMILES string of the molecule is Cc1nn(CC(=O)NC2CC(c3cc(=O)[nH]cn3)C2)c(C)c1C. The van der Waals surface area contributed by atoms with Crippen LogP contribution in [0.2, 0.25) is 0 Å². The Balaban J connectivity index is 1.52. The lowest BCUT2D eigenvalue weighted by Gasteiger charge is -2.35. The smallest absolute Gasteiger partial charge is 0.250 e. The Labute approximate surface area is 134 Å².